The number of carbonyl (C=O) groups excluding carboxylic acids is 2. The van der Waals surface area contributed by atoms with Crippen LogP contribution in [-0.4, -0.2) is 35.2 Å². The summed E-state index contributed by atoms with van der Waals surface area (Å²) in [7, 11) is 0. The third kappa shape index (κ3) is 4.52. The fraction of sp³-hybridized carbons (Fsp3) is 0.833. The zero-order valence-corrected chi connectivity index (χ0v) is 11.0. The Hall–Kier alpha value is -1.30. The van der Waals surface area contributed by atoms with E-state index in [0.717, 1.165) is 12.8 Å². The standard InChI is InChI=1S/C12H23N3O3/c1-8-4-3-5-12(18,6-8)7-14-10(16)9(2)15-11(13)17/h8-9,18H,3-7H2,1-2H3,(H,14,16)(H3,13,15,17). The molecule has 1 rings (SSSR count). The van der Waals surface area contributed by atoms with Gasteiger partial charge >= 0.3 is 6.03 Å². The molecule has 0 saturated heterocycles. The van der Waals surface area contributed by atoms with Gasteiger partial charge < -0.3 is 21.5 Å². The van der Waals surface area contributed by atoms with Crippen molar-refractivity contribution in [3.05, 3.63) is 0 Å². The second kappa shape index (κ2) is 6.04. The lowest BCUT2D eigenvalue weighted by molar-refractivity contribution is -0.124. The molecule has 0 aromatic heterocycles. The maximum absolute atomic E-state index is 11.7. The van der Waals surface area contributed by atoms with Crippen LogP contribution in [-0.2, 0) is 4.79 Å². The quantitative estimate of drug-likeness (QED) is 0.574. The van der Waals surface area contributed by atoms with Crippen molar-refractivity contribution in [2.75, 3.05) is 6.54 Å². The van der Waals surface area contributed by atoms with E-state index in [0.29, 0.717) is 18.8 Å². The van der Waals surface area contributed by atoms with E-state index in [4.69, 9.17) is 5.73 Å². The maximum Gasteiger partial charge on any atom is 0.312 e. The maximum atomic E-state index is 11.7. The number of nitrogens with one attached hydrogen (secondary N) is 2. The van der Waals surface area contributed by atoms with Crippen molar-refractivity contribution in [1.82, 2.24) is 10.6 Å². The van der Waals surface area contributed by atoms with Gasteiger partial charge in [0.25, 0.3) is 0 Å². The number of urea groups is 1. The fourth-order valence-corrected chi connectivity index (χ4v) is 2.48. The lowest BCUT2D eigenvalue weighted by atomic mass is 9.79. The molecule has 6 heteroatoms. The molecule has 3 amide bonds. The van der Waals surface area contributed by atoms with Crippen molar-refractivity contribution < 1.29 is 14.7 Å². The van der Waals surface area contributed by atoms with E-state index in [-0.39, 0.29) is 12.5 Å². The van der Waals surface area contributed by atoms with Gasteiger partial charge in [0.1, 0.15) is 6.04 Å². The Bertz CT molecular complexity index is 322. The normalized spacial score (nSPS) is 29.4. The summed E-state index contributed by atoms with van der Waals surface area (Å²) in [6.45, 7) is 3.87. The number of hydrogen-bond acceptors (Lipinski definition) is 3. The molecular formula is C12H23N3O3. The lowest BCUT2D eigenvalue weighted by Gasteiger charge is -2.35. The number of nitrogens with two attached hydrogens (primary N) is 1. The highest BCUT2D eigenvalue weighted by Gasteiger charge is 2.33. The average Bonchev–Trinajstić information content (AvgIpc) is 2.24. The molecule has 3 unspecified atom stereocenters. The highest BCUT2D eigenvalue weighted by Crippen LogP contribution is 2.31. The number of aliphatic hydroxyl groups is 1. The van der Waals surface area contributed by atoms with Gasteiger partial charge in [-0.05, 0) is 25.7 Å². The smallest absolute Gasteiger partial charge is 0.312 e. The van der Waals surface area contributed by atoms with Crippen molar-refractivity contribution in [3.8, 4) is 0 Å². The molecule has 0 aromatic rings. The Morgan fingerprint density at radius 1 is 1.56 bits per heavy atom. The SMILES string of the molecule is CC1CCCC(O)(CNC(=O)C(C)NC(N)=O)C1. The molecule has 5 N–H and O–H groups in total. The Morgan fingerprint density at radius 3 is 2.78 bits per heavy atom. The Balaban J connectivity index is 2.39. The summed E-state index contributed by atoms with van der Waals surface area (Å²) >= 11 is 0. The highest BCUT2D eigenvalue weighted by molar-refractivity contribution is 5.86. The molecule has 0 bridgehead atoms. The number of primary amides is 1. The zero-order chi connectivity index (χ0) is 13.8. The first-order valence-electron chi connectivity index (χ1n) is 6.38. The summed E-state index contributed by atoms with van der Waals surface area (Å²) < 4.78 is 0. The number of rotatable bonds is 4. The topological polar surface area (TPSA) is 104 Å². The largest absolute Gasteiger partial charge is 0.388 e. The zero-order valence-electron chi connectivity index (χ0n) is 11.0. The molecule has 6 nitrogen and oxygen atoms in total. The predicted octanol–water partition coefficient (Wildman–Crippen LogP) is 0.101. The summed E-state index contributed by atoms with van der Waals surface area (Å²) in [6, 6.07) is -1.42. The molecular weight excluding hydrogens is 234 g/mol. The van der Waals surface area contributed by atoms with Crippen molar-refractivity contribution in [3.63, 3.8) is 0 Å². The second-order valence-electron chi connectivity index (χ2n) is 5.37. The summed E-state index contributed by atoms with van der Waals surface area (Å²) in [6.07, 6.45) is 3.50. The third-order valence-corrected chi connectivity index (χ3v) is 3.41. The van der Waals surface area contributed by atoms with Gasteiger partial charge in [-0.3, -0.25) is 4.79 Å². The van der Waals surface area contributed by atoms with Gasteiger partial charge in [0.15, 0.2) is 0 Å². The minimum absolute atomic E-state index is 0.223. The monoisotopic (exact) mass is 257 g/mol. The molecule has 0 radical (unpaired) electrons. The lowest BCUT2D eigenvalue weighted by Crippen LogP contribution is -2.51. The van der Waals surface area contributed by atoms with Crippen LogP contribution in [0.4, 0.5) is 4.79 Å². The van der Waals surface area contributed by atoms with Crippen LogP contribution >= 0.6 is 0 Å². The first-order chi connectivity index (χ1) is 8.32. The molecule has 1 aliphatic carbocycles. The van der Waals surface area contributed by atoms with Gasteiger partial charge in [0.05, 0.1) is 5.60 Å². The van der Waals surface area contributed by atoms with E-state index in [1.165, 1.54) is 0 Å². The molecule has 18 heavy (non-hydrogen) atoms. The van der Waals surface area contributed by atoms with E-state index in [1.807, 2.05) is 0 Å². The van der Waals surface area contributed by atoms with Crippen LogP contribution in [0.5, 0.6) is 0 Å². The Morgan fingerprint density at radius 2 is 2.22 bits per heavy atom. The molecule has 3 atom stereocenters. The van der Waals surface area contributed by atoms with E-state index in [1.54, 1.807) is 6.92 Å². The number of carbonyl (C=O) groups is 2. The van der Waals surface area contributed by atoms with Crippen molar-refractivity contribution in [2.24, 2.45) is 11.7 Å². The second-order valence-corrected chi connectivity index (χ2v) is 5.37. The van der Waals surface area contributed by atoms with Crippen LogP contribution in [0, 0.1) is 5.92 Å². The summed E-state index contributed by atoms with van der Waals surface area (Å²) in [4.78, 5) is 22.3. The van der Waals surface area contributed by atoms with Crippen LogP contribution in [0.25, 0.3) is 0 Å². The number of hydrogen-bond donors (Lipinski definition) is 4. The van der Waals surface area contributed by atoms with Gasteiger partial charge in [-0.2, -0.15) is 0 Å². The van der Waals surface area contributed by atoms with Gasteiger partial charge in [-0.25, -0.2) is 4.79 Å². The highest BCUT2D eigenvalue weighted by atomic mass is 16.3. The summed E-state index contributed by atoms with van der Waals surface area (Å²) in [5.41, 5.74) is 4.12. The third-order valence-electron chi connectivity index (χ3n) is 3.41. The van der Waals surface area contributed by atoms with Crippen molar-refractivity contribution >= 4 is 11.9 Å². The Labute approximate surface area is 107 Å². The van der Waals surface area contributed by atoms with E-state index < -0.39 is 17.7 Å². The first kappa shape index (κ1) is 14.8. The van der Waals surface area contributed by atoms with Crippen LogP contribution in [0.3, 0.4) is 0 Å². The summed E-state index contributed by atoms with van der Waals surface area (Å²) in [5.74, 6) is 0.141. The Kier molecular flexibility index (Phi) is 4.95. The molecule has 1 fully saturated rings. The predicted molar refractivity (Wildman–Crippen MR) is 67.8 cm³/mol. The molecule has 1 saturated carbocycles. The first-order valence-corrected chi connectivity index (χ1v) is 6.38. The molecule has 0 aromatic carbocycles. The minimum atomic E-state index is -0.820. The molecule has 0 aliphatic heterocycles. The molecule has 1 aliphatic rings. The molecule has 0 heterocycles. The number of amides is 3. The van der Waals surface area contributed by atoms with E-state index >= 15 is 0 Å². The fourth-order valence-electron chi connectivity index (χ4n) is 2.48. The van der Waals surface area contributed by atoms with Gasteiger partial charge in [0.2, 0.25) is 5.91 Å². The van der Waals surface area contributed by atoms with Crippen LogP contribution in [0.15, 0.2) is 0 Å². The van der Waals surface area contributed by atoms with Crippen LogP contribution < -0.4 is 16.4 Å². The molecule has 0 spiro atoms. The molecule has 104 valence electrons. The van der Waals surface area contributed by atoms with Crippen LogP contribution in [0.2, 0.25) is 0 Å². The van der Waals surface area contributed by atoms with E-state index in [2.05, 4.69) is 17.6 Å². The van der Waals surface area contributed by atoms with Gasteiger partial charge in [-0.1, -0.05) is 19.8 Å². The van der Waals surface area contributed by atoms with E-state index in [9.17, 15) is 14.7 Å². The average molecular weight is 257 g/mol. The van der Waals surface area contributed by atoms with Gasteiger partial charge in [0, 0.05) is 6.54 Å². The van der Waals surface area contributed by atoms with Crippen LogP contribution in [0.1, 0.15) is 39.5 Å². The van der Waals surface area contributed by atoms with Crippen molar-refractivity contribution in [2.45, 2.75) is 51.2 Å². The summed E-state index contributed by atoms with van der Waals surface area (Å²) in [5, 5.41) is 15.3. The van der Waals surface area contributed by atoms with Crippen molar-refractivity contribution in [1.29, 1.82) is 0 Å². The van der Waals surface area contributed by atoms with Gasteiger partial charge in [-0.15, -0.1) is 0 Å². The minimum Gasteiger partial charge on any atom is -0.388 e.